The topological polar surface area (TPSA) is 90.8 Å². The first-order valence-corrected chi connectivity index (χ1v) is 4.64. The molecule has 0 aromatic rings. The van der Waals surface area contributed by atoms with Crippen molar-refractivity contribution in [3.05, 3.63) is 5.53 Å². The molecule has 0 atom stereocenters. The lowest BCUT2D eigenvalue weighted by molar-refractivity contribution is -0.00419. The highest BCUT2D eigenvalue weighted by Gasteiger charge is 2.23. The number of hydrogen-bond acceptors (Lipinski definition) is 2. The molecule has 5 nitrogen and oxygen atoms in total. The monoisotopic (exact) mass is 178 g/mol. The van der Waals surface area contributed by atoms with Gasteiger partial charge in [0, 0.05) is 0 Å². The lowest BCUT2D eigenvalue weighted by Crippen LogP contribution is -2.14. The predicted octanol–water partition coefficient (Wildman–Crippen LogP) is 0.693. The highest BCUT2D eigenvalue weighted by atomic mass is 32.2. The number of unbranched alkanes of at least 4 members (excludes halogenated alkanes) is 1. The molecule has 0 saturated carbocycles. The first-order chi connectivity index (χ1) is 5.02. The maximum atomic E-state index is 10.3. The Morgan fingerprint density at radius 1 is 1.64 bits per heavy atom. The van der Waals surface area contributed by atoms with Gasteiger partial charge in [0.25, 0.3) is 0 Å². The maximum Gasteiger partial charge on any atom is 0.407 e. The molecule has 0 unspecified atom stereocenters. The van der Waals surface area contributed by atoms with Crippen molar-refractivity contribution in [2.75, 3.05) is 0 Å². The summed E-state index contributed by atoms with van der Waals surface area (Å²) in [4.78, 5) is 2.48. The summed E-state index contributed by atoms with van der Waals surface area (Å²) >= 11 is 0. The Morgan fingerprint density at radius 2 is 2.18 bits per heavy atom. The standard InChI is InChI=1S/C5H10N2O3S/c1-2-3-4-5(7-6)11(8,9)10/h2-4H2,1H3,(H,8,9,10). The average molecular weight is 178 g/mol. The van der Waals surface area contributed by atoms with E-state index in [4.69, 9.17) is 10.1 Å². The molecule has 0 saturated heterocycles. The zero-order chi connectivity index (χ0) is 8.91. The van der Waals surface area contributed by atoms with Gasteiger partial charge in [0.2, 0.25) is 0 Å². The van der Waals surface area contributed by atoms with E-state index in [0.717, 1.165) is 6.42 Å². The zero-order valence-corrected chi connectivity index (χ0v) is 7.00. The van der Waals surface area contributed by atoms with Crippen molar-refractivity contribution in [3.8, 4) is 0 Å². The Morgan fingerprint density at radius 3 is 2.45 bits per heavy atom. The van der Waals surface area contributed by atoms with Gasteiger partial charge in [-0.15, -0.1) is 0 Å². The molecule has 0 fully saturated rings. The summed E-state index contributed by atoms with van der Waals surface area (Å²) in [6, 6.07) is 0. The van der Waals surface area contributed by atoms with Crippen molar-refractivity contribution in [1.82, 2.24) is 0 Å². The second-order valence-corrected chi connectivity index (χ2v) is 3.49. The summed E-state index contributed by atoms with van der Waals surface area (Å²) in [6.45, 7) is 1.86. The first kappa shape index (κ1) is 10.3. The first-order valence-electron chi connectivity index (χ1n) is 3.20. The van der Waals surface area contributed by atoms with E-state index < -0.39 is 15.2 Å². The van der Waals surface area contributed by atoms with Gasteiger partial charge in [0.1, 0.15) is 0 Å². The minimum absolute atomic E-state index is 0.0752. The summed E-state index contributed by atoms with van der Waals surface area (Å²) in [5.41, 5.74) is 8.14. The van der Waals surface area contributed by atoms with Gasteiger partial charge in [-0.3, -0.25) is 4.55 Å². The molecule has 0 bridgehead atoms. The van der Waals surface area contributed by atoms with Crippen LogP contribution in [0.3, 0.4) is 0 Å². The van der Waals surface area contributed by atoms with Crippen LogP contribution in [0.4, 0.5) is 0 Å². The largest absolute Gasteiger partial charge is 0.407 e. The molecule has 0 aromatic heterocycles. The van der Waals surface area contributed by atoms with E-state index in [0.29, 0.717) is 6.42 Å². The molecular formula is C5H10N2O3S. The van der Waals surface area contributed by atoms with Crippen molar-refractivity contribution in [2.45, 2.75) is 26.2 Å². The Labute approximate surface area is 65.4 Å². The molecule has 0 aliphatic carbocycles. The molecule has 0 aliphatic heterocycles. The van der Waals surface area contributed by atoms with Crippen molar-refractivity contribution in [1.29, 1.82) is 0 Å². The Balaban J connectivity index is 4.36. The normalized spacial score (nSPS) is 10.7. The van der Waals surface area contributed by atoms with E-state index in [9.17, 15) is 8.42 Å². The SMILES string of the molecule is CCCCC(=[N+]=[N-])S(=O)(=O)O. The van der Waals surface area contributed by atoms with Gasteiger partial charge in [-0.1, -0.05) is 13.3 Å². The van der Waals surface area contributed by atoms with Crippen LogP contribution >= 0.6 is 0 Å². The van der Waals surface area contributed by atoms with E-state index >= 15 is 0 Å². The minimum atomic E-state index is -4.29. The van der Waals surface area contributed by atoms with Crippen LogP contribution in [0.15, 0.2) is 0 Å². The van der Waals surface area contributed by atoms with Crippen LogP contribution in [0, 0.1) is 0 Å². The van der Waals surface area contributed by atoms with E-state index in [1.807, 2.05) is 6.92 Å². The fourth-order valence-electron chi connectivity index (χ4n) is 0.559. The van der Waals surface area contributed by atoms with Gasteiger partial charge in [-0.25, -0.2) is 0 Å². The predicted molar refractivity (Wildman–Crippen MR) is 39.7 cm³/mol. The van der Waals surface area contributed by atoms with Crippen molar-refractivity contribution in [3.63, 3.8) is 0 Å². The molecule has 1 N–H and O–H groups in total. The molecule has 0 spiro atoms. The third kappa shape index (κ3) is 3.87. The summed E-state index contributed by atoms with van der Waals surface area (Å²) < 4.78 is 29.1. The molecule has 0 rings (SSSR count). The molecule has 0 amide bonds. The van der Waals surface area contributed by atoms with Crippen LogP contribution in [0.2, 0.25) is 0 Å². The second-order valence-electron chi connectivity index (χ2n) is 2.07. The summed E-state index contributed by atoms with van der Waals surface area (Å²) in [7, 11) is -4.29. The Kier molecular flexibility index (Phi) is 3.95. The Bertz CT molecular complexity index is 263. The average Bonchev–Trinajstić information content (AvgIpc) is 1.87. The Hall–Kier alpha value is -0.710. The fourth-order valence-corrected chi connectivity index (χ4v) is 1.06. The smallest absolute Gasteiger partial charge is 0.360 e. The fraction of sp³-hybridized carbons (Fsp3) is 0.800. The van der Waals surface area contributed by atoms with Gasteiger partial charge in [0.05, 0.1) is 6.42 Å². The van der Waals surface area contributed by atoms with Gasteiger partial charge >= 0.3 is 15.2 Å². The molecule has 0 aromatic carbocycles. The van der Waals surface area contributed by atoms with Gasteiger partial charge in [0.15, 0.2) is 0 Å². The van der Waals surface area contributed by atoms with E-state index in [2.05, 4.69) is 4.79 Å². The van der Waals surface area contributed by atoms with E-state index in [-0.39, 0.29) is 6.42 Å². The molecule has 0 radical (unpaired) electrons. The molecule has 6 heteroatoms. The number of nitrogens with zero attached hydrogens (tertiary/aromatic N) is 2. The lowest BCUT2D eigenvalue weighted by atomic mass is 10.3. The highest BCUT2D eigenvalue weighted by Crippen LogP contribution is 1.99. The zero-order valence-electron chi connectivity index (χ0n) is 6.19. The van der Waals surface area contributed by atoms with Crippen LogP contribution in [-0.4, -0.2) is 22.8 Å². The summed E-state index contributed by atoms with van der Waals surface area (Å²) in [5.74, 6) is 0. The lowest BCUT2D eigenvalue weighted by Gasteiger charge is -1.89. The quantitative estimate of drug-likeness (QED) is 0.226. The maximum absolute atomic E-state index is 10.3. The van der Waals surface area contributed by atoms with Gasteiger partial charge in [-0.05, 0) is 6.42 Å². The van der Waals surface area contributed by atoms with Gasteiger partial charge in [-0.2, -0.15) is 13.2 Å². The third-order valence-corrected chi connectivity index (χ3v) is 2.03. The number of hydrogen-bond donors (Lipinski definition) is 1. The van der Waals surface area contributed by atoms with Crippen LogP contribution in [-0.2, 0) is 10.1 Å². The van der Waals surface area contributed by atoms with Crippen molar-refractivity contribution < 1.29 is 17.8 Å². The van der Waals surface area contributed by atoms with Crippen LogP contribution in [0.1, 0.15) is 26.2 Å². The summed E-state index contributed by atoms with van der Waals surface area (Å²) in [5, 5.41) is -0.570. The van der Waals surface area contributed by atoms with Gasteiger partial charge < -0.3 is 5.53 Å². The summed E-state index contributed by atoms with van der Waals surface area (Å²) in [6.07, 6.45) is 1.42. The van der Waals surface area contributed by atoms with Crippen LogP contribution < -0.4 is 0 Å². The molecule has 0 aliphatic rings. The second kappa shape index (κ2) is 4.23. The van der Waals surface area contributed by atoms with E-state index in [1.54, 1.807) is 0 Å². The molecule has 0 heterocycles. The van der Waals surface area contributed by atoms with Crippen molar-refractivity contribution >= 4 is 15.2 Å². The van der Waals surface area contributed by atoms with Crippen LogP contribution in [0.5, 0.6) is 0 Å². The third-order valence-electron chi connectivity index (χ3n) is 1.15. The van der Waals surface area contributed by atoms with Crippen molar-refractivity contribution in [2.24, 2.45) is 0 Å². The van der Waals surface area contributed by atoms with E-state index in [1.165, 1.54) is 0 Å². The minimum Gasteiger partial charge on any atom is -0.360 e. The highest BCUT2D eigenvalue weighted by molar-refractivity contribution is 8.01. The van der Waals surface area contributed by atoms with Crippen LogP contribution in [0.25, 0.3) is 5.53 Å². The molecule has 11 heavy (non-hydrogen) atoms. The molecular weight excluding hydrogens is 168 g/mol. The molecule has 64 valence electrons. The number of rotatable bonds is 3.